The van der Waals surface area contributed by atoms with Crippen LogP contribution in [0.3, 0.4) is 0 Å². The van der Waals surface area contributed by atoms with Gasteiger partial charge >= 0.3 is 7.69 Å². The van der Waals surface area contributed by atoms with E-state index in [2.05, 4.69) is 4.72 Å². The number of anilines is 1. The molecule has 96 valence electrons. The first-order valence-corrected chi connectivity index (χ1v) is 6.52. The minimum absolute atomic E-state index is 0.599. The summed E-state index contributed by atoms with van der Waals surface area (Å²) in [6.07, 6.45) is 0. The third kappa shape index (κ3) is 5.72. The summed E-state index contributed by atoms with van der Waals surface area (Å²) in [6.45, 7) is 4.99. The van der Waals surface area contributed by atoms with Gasteiger partial charge in [0.1, 0.15) is 0 Å². The summed E-state index contributed by atoms with van der Waals surface area (Å²) in [7, 11) is -4.05. The number of para-hydroxylation sites is 1. The molecule has 5 nitrogen and oxygen atoms in total. The molecule has 0 saturated heterocycles. The van der Waals surface area contributed by atoms with E-state index >= 15 is 0 Å². The molecule has 0 unspecified atom stereocenters. The zero-order valence-electron chi connectivity index (χ0n) is 10.2. The summed E-state index contributed by atoms with van der Waals surface area (Å²) in [5.41, 5.74) is 0.599. The lowest BCUT2D eigenvalue weighted by Gasteiger charge is -2.20. The Kier molecular flexibility index (Phi) is 6.22. The van der Waals surface area contributed by atoms with Gasteiger partial charge in [-0.05, 0) is 32.9 Å². The van der Waals surface area contributed by atoms with Crippen LogP contribution in [0.25, 0.3) is 0 Å². The van der Waals surface area contributed by atoms with Crippen LogP contribution in [0.5, 0.6) is 0 Å². The van der Waals surface area contributed by atoms with Crippen LogP contribution in [-0.4, -0.2) is 30.9 Å². The largest absolute Gasteiger partial charge is 0.432 e. The maximum absolute atomic E-state index is 11.7. The minimum Gasteiger partial charge on any atom is -0.430 e. The predicted octanol–water partition coefficient (Wildman–Crippen LogP) is 0.464. The van der Waals surface area contributed by atoms with Crippen molar-refractivity contribution in [1.29, 1.82) is 0 Å². The molecular formula is C10H18BNO4S. The maximum atomic E-state index is 11.7. The molecule has 7 heteroatoms. The number of hydrogen-bond donors (Lipinski definition) is 3. The van der Waals surface area contributed by atoms with E-state index < -0.39 is 22.5 Å². The summed E-state index contributed by atoms with van der Waals surface area (Å²) in [4.78, 5) is 0. The van der Waals surface area contributed by atoms with Gasteiger partial charge in [-0.15, -0.1) is 0 Å². The monoisotopic (exact) mass is 259 g/mol. The summed E-state index contributed by atoms with van der Waals surface area (Å²) < 4.78 is 25.2. The number of nitrogens with one attached hydrogen (secondary N) is 1. The molecule has 0 radical (unpaired) electrons. The Labute approximate surface area is 103 Å². The molecule has 0 heterocycles. The van der Waals surface area contributed by atoms with Gasteiger partial charge in [0.2, 0.25) is 10.0 Å². The maximum Gasteiger partial charge on any atom is 0.432 e. The summed E-state index contributed by atoms with van der Waals surface area (Å²) in [6, 6.07) is 8.88. The van der Waals surface area contributed by atoms with Gasteiger partial charge in [0.25, 0.3) is 0 Å². The molecule has 0 aromatic heterocycles. The van der Waals surface area contributed by atoms with E-state index in [0.717, 1.165) is 0 Å². The fourth-order valence-electron chi connectivity index (χ4n) is 0.814. The van der Waals surface area contributed by atoms with Crippen molar-refractivity contribution in [3.8, 4) is 0 Å². The van der Waals surface area contributed by atoms with Crippen molar-refractivity contribution in [1.82, 2.24) is 0 Å². The van der Waals surface area contributed by atoms with E-state index in [1.54, 1.807) is 45.0 Å². The Morgan fingerprint density at radius 1 is 1.12 bits per heavy atom. The second kappa shape index (κ2) is 6.63. The molecule has 1 aromatic rings. The highest BCUT2D eigenvalue weighted by Crippen LogP contribution is 2.18. The lowest BCUT2D eigenvalue weighted by molar-refractivity contribution is 0.448. The van der Waals surface area contributed by atoms with E-state index in [0.29, 0.717) is 5.69 Å². The lowest BCUT2D eigenvalue weighted by atomic mass is 10.3. The summed E-state index contributed by atoms with van der Waals surface area (Å²) in [5, 5.41) is 14.2. The van der Waals surface area contributed by atoms with E-state index in [1.165, 1.54) is 0 Å². The molecule has 0 aliphatic rings. The van der Waals surface area contributed by atoms with Gasteiger partial charge in [-0.1, -0.05) is 18.2 Å². The molecule has 1 rings (SSSR count). The third-order valence-electron chi connectivity index (χ3n) is 1.83. The van der Waals surface area contributed by atoms with Crippen molar-refractivity contribution >= 4 is 23.4 Å². The van der Waals surface area contributed by atoms with Crippen LogP contribution in [0.4, 0.5) is 5.69 Å². The molecule has 0 amide bonds. The van der Waals surface area contributed by atoms with Gasteiger partial charge in [0.15, 0.2) is 0 Å². The molecule has 3 N–H and O–H groups in total. The van der Waals surface area contributed by atoms with Crippen molar-refractivity contribution in [2.45, 2.75) is 25.5 Å². The zero-order valence-corrected chi connectivity index (χ0v) is 11.0. The Morgan fingerprint density at radius 3 is 1.88 bits per heavy atom. The highest BCUT2D eigenvalue weighted by Gasteiger charge is 2.28. The fourth-order valence-corrected chi connectivity index (χ4v) is 1.57. The molecule has 0 saturated carbocycles. The van der Waals surface area contributed by atoms with Gasteiger partial charge in [-0.2, -0.15) is 0 Å². The van der Waals surface area contributed by atoms with E-state index in [9.17, 15) is 8.42 Å². The van der Waals surface area contributed by atoms with Crippen LogP contribution in [-0.2, 0) is 10.0 Å². The normalized spacial score (nSPS) is 11.1. The first-order chi connectivity index (χ1) is 7.74. The predicted molar refractivity (Wildman–Crippen MR) is 70.3 cm³/mol. The second-order valence-corrected chi connectivity index (χ2v) is 6.66. The number of rotatable bonds is 2. The SMILES string of the molecule is CC(C)(C)S(=O)(=O)Nc1ccccc1.OBO. The molecule has 0 fully saturated rings. The van der Waals surface area contributed by atoms with Crippen LogP contribution in [0.15, 0.2) is 30.3 Å². The van der Waals surface area contributed by atoms with Gasteiger partial charge in [0.05, 0.1) is 4.75 Å². The molecule has 17 heavy (non-hydrogen) atoms. The summed E-state index contributed by atoms with van der Waals surface area (Å²) >= 11 is 0. The molecular weight excluding hydrogens is 241 g/mol. The Balaban J connectivity index is 0.000000770. The quantitative estimate of drug-likeness (QED) is 0.673. The van der Waals surface area contributed by atoms with Crippen LogP contribution in [0.2, 0.25) is 0 Å². The van der Waals surface area contributed by atoms with Crippen LogP contribution in [0.1, 0.15) is 20.8 Å². The van der Waals surface area contributed by atoms with Crippen molar-refractivity contribution in [3.63, 3.8) is 0 Å². The van der Waals surface area contributed by atoms with Gasteiger partial charge in [0, 0.05) is 5.69 Å². The highest BCUT2D eigenvalue weighted by molar-refractivity contribution is 7.94. The molecule has 0 bridgehead atoms. The molecule has 0 aliphatic heterocycles. The topological polar surface area (TPSA) is 86.6 Å². The molecule has 0 spiro atoms. The molecule has 1 aromatic carbocycles. The zero-order chi connectivity index (χ0) is 13.5. The Bertz CT molecular complexity index is 414. The number of benzene rings is 1. The van der Waals surface area contributed by atoms with Crippen molar-refractivity contribution in [2.24, 2.45) is 0 Å². The first-order valence-electron chi connectivity index (χ1n) is 5.03. The fraction of sp³-hybridized carbons (Fsp3) is 0.400. The Morgan fingerprint density at radius 2 is 1.53 bits per heavy atom. The van der Waals surface area contributed by atoms with Gasteiger partial charge < -0.3 is 10.0 Å². The number of sulfonamides is 1. The third-order valence-corrected chi connectivity index (χ3v) is 3.95. The Hall–Kier alpha value is -1.05. The van der Waals surface area contributed by atoms with Crippen molar-refractivity contribution in [3.05, 3.63) is 30.3 Å². The highest BCUT2D eigenvalue weighted by atomic mass is 32.2. The van der Waals surface area contributed by atoms with Crippen molar-refractivity contribution < 1.29 is 18.5 Å². The lowest BCUT2D eigenvalue weighted by Crippen LogP contribution is -2.33. The smallest absolute Gasteiger partial charge is 0.430 e. The summed E-state index contributed by atoms with van der Waals surface area (Å²) in [5.74, 6) is 0. The average Bonchev–Trinajstić information content (AvgIpc) is 2.17. The average molecular weight is 259 g/mol. The van der Waals surface area contributed by atoms with Crippen LogP contribution >= 0.6 is 0 Å². The van der Waals surface area contributed by atoms with E-state index in [1.807, 2.05) is 6.07 Å². The van der Waals surface area contributed by atoms with E-state index in [-0.39, 0.29) is 0 Å². The van der Waals surface area contributed by atoms with Crippen molar-refractivity contribution in [2.75, 3.05) is 4.72 Å². The van der Waals surface area contributed by atoms with Crippen LogP contribution in [0, 0.1) is 0 Å². The minimum atomic E-state index is -3.30. The number of hydrogen-bond acceptors (Lipinski definition) is 4. The standard InChI is InChI=1S/C10H15NO2S.BH3O2/c1-10(2,3)14(12,13)11-9-7-5-4-6-8-9;2-1-3/h4-8,11H,1-3H3;1-3H. The van der Waals surface area contributed by atoms with Gasteiger partial charge in [-0.3, -0.25) is 4.72 Å². The second-order valence-electron chi connectivity index (χ2n) is 4.23. The van der Waals surface area contributed by atoms with E-state index in [4.69, 9.17) is 10.0 Å². The molecule has 0 atom stereocenters. The van der Waals surface area contributed by atoms with Crippen LogP contribution < -0.4 is 4.72 Å². The van der Waals surface area contributed by atoms with Gasteiger partial charge in [-0.25, -0.2) is 8.42 Å². The first kappa shape index (κ1) is 16.0. The molecule has 0 aliphatic carbocycles.